The van der Waals surface area contributed by atoms with Gasteiger partial charge in [-0.2, -0.15) is 0 Å². The topological polar surface area (TPSA) is 241 Å². The van der Waals surface area contributed by atoms with Crippen LogP contribution >= 0.6 is 0 Å². The van der Waals surface area contributed by atoms with E-state index in [2.05, 4.69) is 26.2 Å². The molecule has 17 heteroatoms. The fourth-order valence-electron chi connectivity index (χ4n) is 7.19. The Morgan fingerprint density at radius 1 is 0.831 bits per heavy atom. The number of aromatic hydroxyl groups is 2. The van der Waals surface area contributed by atoms with Crippen molar-refractivity contribution in [3.05, 3.63) is 51.6 Å². The third-order valence-electron chi connectivity index (χ3n) is 10.9. The standard InChI is InChI=1S/C42H56N6O11/c1-24(2)26(23-49)20-34(53)48(4)18-13-31(50)45-22-33(52)46-21-32(51)43-14-7-16-47(3)17-8-15-44-42(58)25-11-12-27-29(19-25)40(56)36-37(38(27)54)41(57)35-28(39(36)55)9-6-10-30(35)59-5/h6,9-10,23-26,54,56H,7-8,11-22H2,1-5H3,(H,43,51)(H,44,58)(H,45,50)(H,46,52). The number of rotatable bonds is 21. The van der Waals surface area contributed by atoms with E-state index in [1.165, 1.54) is 18.1 Å². The third kappa shape index (κ3) is 11.6. The number of carbonyl (C=O) groups is 8. The number of phenolic OH excluding ortho intramolecular Hbond substituents is 2. The summed E-state index contributed by atoms with van der Waals surface area (Å²) in [5.74, 6) is -4.44. The van der Waals surface area contributed by atoms with Crippen LogP contribution < -0.4 is 26.0 Å². The largest absolute Gasteiger partial charge is 0.507 e. The number of hydrogen-bond donors (Lipinski definition) is 6. The lowest BCUT2D eigenvalue weighted by Gasteiger charge is -2.29. The Morgan fingerprint density at radius 2 is 1.44 bits per heavy atom. The summed E-state index contributed by atoms with van der Waals surface area (Å²) in [7, 11) is 4.84. The molecule has 320 valence electrons. The number of benzene rings is 2. The average molecular weight is 821 g/mol. The van der Waals surface area contributed by atoms with Crippen molar-refractivity contribution in [3.63, 3.8) is 0 Å². The van der Waals surface area contributed by atoms with E-state index in [1.807, 2.05) is 20.9 Å². The quantitative estimate of drug-likeness (QED) is 0.0499. The molecule has 4 rings (SSSR count). The van der Waals surface area contributed by atoms with E-state index in [9.17, 15) is 48.6 Å². The maximum absolute atomic E-state index is 13.5. The number of fused-ring (bicyclic) bond motifs is 3. The Morgan fingerprint density at radius 3 is 2.08 bits per heavy atom. The van der Waals surface area contributed by atoms with Crippen molar-refractivity contribution in [3.8, 4) is 17.2 Å². The van der Waals surface area contributed by atoms with Crippen LogP contribution in [0.2, 0.25) is 0 Å². The first-order valence-electron chi connectivity index (χ1n) is 19.9. The van der Waals surface area contributed by atoms with Crippen molar-refractivity contribution in [1.82, 2.24) is 31.1 Å². The van der Waals surface area contributed by atoms with Gasteiger partial charge in [0.15, 0.2) is 5.78 Å². The molecule has 0 aromatic heterocycles. The van der Waals surface area contributed by atoms with Crippen LogP contribution in [0.4, 0.5) is 0 Å². The molecule has 5 amide bonds. The summed E-state index contributed by atoms with van der Waals surface area (Å²) in [5.41, 5.74) is 0.243. The highest BCUT2D eigenvalue weighted by Crippen LogP contribution is 2.47. The summed E-state index contributed by atoms with van der Waals surface area (Å²) < 4.78 is 5.29. The Labute approximate surface area is 343 Å². The molecule has 2 unspecified atom stereocenters. The van der Waals surface area contributed by atoms with Crippen LogP contribution in [0, 0.1) is 17.8 Å². The summed E-state index contributed by atoms with van der Waals surface area (Å²) >= 11 is 0. The van der Waals surface area contributed by atoms with Crippen molar-refractivity contribution in [1.29, 1.82) is 0 Å². The molecule has 17 nitrogen and oxygen atoms in total. The van der Waals surface area contributed by atoms with Crippen LogP contribution in [-0.4, -0.2) is 134 Å². The van der Waals surface area contributed by atoms with Gasteiger partial charge in [0, 0.05) is 68.0 Å². The molecule has 2 aliphatic carbocycles. The van der Waals surface area contributed by atoms with Gasteiger partial charge >= 0.3 is 0 Å². The zero-order valence-electron chi connectivity index (χ0n) is 34.4. The molecule has 0 radical (unpaired) electrons. The first-order valence-corrected chi connectivity index (χ1v) is 19.9. The Hall–Kier alpha value is -5.84. The third-order valence-corrected chi connectivity index (χ3v) is 10.9. The second kappa shape index (κ2) is 21.2. The first-order chi connectivity index (χ1) is 28.1. The van der Waals surface area contributed by atoms with E-state index in [0.29, 0.717) is 51.0 Å². The lowest BCUT2D eigenvalue weighted by molar-refractivity contribution is -0.133. The molecule has 6 N–H and O–H groups in total. The van der Waals surface area contributed by atoms with Gasteiger partial charge in [-0.15, -0.1) is 0 Å². The number of nitrogens with zero attached hydrogens (tertiary/aromatic N) is 2. The lowest BCUT2D eigenvalue weighted by Crippen LogP contribution is -2.43. The molecule has 2 aliphatic rings. The summed E-state index contributed by atoms with van der Waals surface area (Å²) in [4.78, 5) is 103. The number of carbonyl (C=O) groups excluding carboxylic acids is 8. The highest BCUT2D eigenvalue weighted by molar-refractivity contribution is 6.31. The van der Waals surface area contributed by atoms with Gasteiger partial charge in [0.05, 0.1) is 36.9 Å². The van der Waals surface area contributed by atoms with E-state index < -0.39 is 35.2 Å². The predicted octanol–water partition coefficient (Wildman–Crippen LogP) is 0.873. The van der Waals surface area contributed by atoms with Gasteiger partial charge in [-0.25, -0.2) is 0 Å². The van der Waals surface area contributed by atoms with E-state index in [0.717, 1.165) is 6.29 Å². The molecule has 0 heterocycles. The maximum atomic E-state index is 13.5. The predicted molar refractivity (Wildman–Crippen MR) is 215 cm³/mol. The molecule has 0 saturated carbocycles. The van der Waals surface area contributed by atoms with E-state index in [4.69, 9.17) is 4.74 Å². The fourth-order valence-corrected chi connectivity index (χ4v) is 7.19. The van der Waals surface area contributed by atoms with Gasteiger partial charge in [0.1, 0.15) is 23.5 Å². The molecule has 0 aliphatic heterocycles. The van der Waals surface area contributed by atoms with Crippen molar-refractivity contribution in [2.45, 2.75) is 58.8 Å². The minimum atomic E-state index is -0.610. The number of aldehydes is 1. The zero-order chi connectivity index (χ0) is 43.4. The maximum Gasteiger partial charge on any atom is 0.239 e. The van der Waals surface area contributed by atoms with Crippen LogP contribution in [0.5, 0.6) is 17.2 Å². The summed E-state index contributed by atoms with van der Waals surface area (Å²) in [6, 6.07) is 4.59. The summed E-state index contributed by atoms with van der Waals surface area (Å²) in [6.45, 7) is 5.37. The number of nitrogens with one attached hydrogen (secondary N) is 4. The number of methoxy groups -OCH3 is 1. The van der Waals surface area contributed by atoms with Crippen molar-refractivity contribution < 1.29 is 53.3 Å². The number of ether oxygens (including phenoxy) is 1. The molecule has 0 bridgehead atoms. The monoisotopic (exact) mass is 820 g/mol. The van der Waals surface area contributed by atoms with Crippen LogP contribution in [-0.2, 0) is 41.6 Å². The minimum absolute atomic E-state index is 0.0209. The number of hydrogen-bond acceptors (Lipinski definition) is 12. The van der Waals surface area contributed by atoms with Gasteiger partial charge in [0.25, 0.3) is 0 Å². The lowest BCUT2D eigenvalue weighted by atomic mass is 9.75. The van der Waals surface area contributed by atoms with E-state index >= 15 is 0 Å². The fraction of sp³-hybridized carbons (Fsp3) is 0.524. The molecule has 2 aromatic rings. The average Bonchev–Trinajstić information content (AvgIpc) is 3.22. The highest BCUT2D eigenvalue weighted by atomic mass is 16.5. The molecule has 2 aromatic carbocycles. The van der Waals surface area contributed by atoms with Crippen molar-refractivity contribution >= 4 is 47.4 Å². The Balaban J connectivity index is 1.09. The smallest absolute Gasteiger partial charge is 0.239 e. The molecule has 59 heavy (non-hydrogen) atoms. The molecule has 0 fully saturated rings. The minimum Gasteiger partial charge on any atom is -0.507 e. The Bertz CT molecular complexity index is 1950. The first kappa shape index (κ1) is 45.9. The van der Waals surface area contributed by atoms with Crippen molar-refractivity contribution in [2.75, 3.05) is 67.0 Å². The zero-order valence-corrected chi connectivity index (χ0v) is 34.4. The van der Waals surface area contributed by atoms with Crippen LogP contribution in [0.25, 0.3) is 0 Å². The molecular weight excluding hydrogens is 764 g/mol. The SMILES string of the molecule is COc1cccc2c1C(=O)c1c(O)c3c(c(O)c1C2=O)CC(C(=O)NCCCN(C)CCCNC(=O)CNC(=O)CNC(=O)CCN(C)C(=O)CC(C=O)C(C)C)CC3. The second-order valence-electron chi connectivity index (χ2n) is 15.4. The van der Waals surface area contributed by atoms with Crippen LogP contribution in [0.3, 0.4) is 0 Å². The van der Waals surface area contributed by atoms with Gasteiger partial charge in [-0.3, -0.25) is 33.6 Å². The van der Waals surface area contributed by atoms with E-state index in [-0.39, 0.29) is 114 Å². The molecule has 0 spiro atoms. The van der Waals surface area contributed by atoms with Gasteiger partial charge < -0.3 is 50.8 Å². The number of amides is 5. The number of phenols is 2. The molecular formula is C42H56N6O11. The molecule has 2 atom stereocenters. The van der Waals surface area contributed by atoms with Gasteiger partial charge in [0.2, 0.25) is 35.3 Å². The summed E-state index contributed by atoms with van der Waals surface area (Å²) in [6.07, 6.45) is 2.81. The highest BCUT2D eigenvalue weighted by Gasteiger charge is 2.41. The summed E-state index contributed by atoms with van der Waals surface area (Å²) in [5, 5.41) is 33.0. The Kier molecular flexibility index (Phi) is 16.5. The normalized spacial score (nSPS) is 14.7. The van der Waals surface area contributed by atoms with Crippen LogP contribution in [0.1, 0.15) is 88.9 Å². The van der Waals surface area contributed by atoms with Crippen molar-refractivity contribution in [2.24, 2.45) is 17.8 Å². The second-order valence-corrected chi connectivity index (χ2v) is 15.4. The van der Waals surface area contributed by atoms with Gasteiger partial charge in [-0.05, 0) is 64.2 Å². The molecule has 0 saturated heterocycles. The number of ketones is 2. The van der Waals surface area contributed by atoms with Crippen LogP contribution in [0.15, 0.2) is 18.2 Å². The van der Waals surface area contributed by atoms with E-state index in [1.54, 1.807) is 19.2 Å². The van der Waals surface area contributed by atoms with Gasteiger partial charge in [-0.1, -0.05) is 26.0 Å².